The van der Waals surface area contributed by atoms with Gasteiger partial charge in [-0.25, -0.2) is 9.48 Å². The first-order valence-corrected chi connectivity index (χ1v) is 5.42. The fourth-order valence-electron chi connectivity index (χ4n) is 2.12. The van der Waals surface area contributed by atoms with Crippen LogP contribution in [0.1, 0.15) is 32.1 Å². The summed E-state index contributed by atoms with van der Waals surface area (Å²) >= 11 is 0. The molecule has 0 bridgehead atoms. The van der Waals surface area contributed by atoms with E-state index in [0.717, 1.165) is 19.0 Å². The minimum Gasteiger partial charge on any atom is -0.271 e. The molecule has 5 nitrogen and oxygen atoms in total. The topological polar surface area (TPSA) is 67.8 Å². The Bertz CT molecular complexity index is 429. The molecule has 15 heavy (non-hydrogen) atoms. The van der Waals surface area contributed by atoms with E-state index < -0.39 is 11.2 Å². The summed E-state index contributed by atoms with van der Waals surface area (Å²) in [4.78, 5) is 24.4. The molecule has 1 aliphatic rings. The van der Waals surface area contributed by atoms with Gasteiger partial charge in [0.15, 0.2) is 0 Å². The lowest BCUT2D eigenvalue weighted by atomic mass is 9.89. The number of nitrogens with zero attached hydrogens (tertiary/aromatic N) is 2. The second kappa shape index (κ2) is 4.42. The summed E-state index contributed by atoms with van der Waals surface area (Å²) < 4.78 is 1.36. The summed E-state index contributed by atoms with van der Waals surface area (Å²) in [6.45, 7) is 0.635. The largest absolute Gasteiger partial charge is 0.344 e. The molecule has 1 N–H and O–H groups in total. The molecule has 5 heteroatoms. The van der Waals surface area contributed by atoms with E-state index in [0.29, 0.717) is 12.5 Å². The van der Waals surface area contributed by atoms with Crippen molar-refractivity contribution < 1.29 is 0 Å². The van der Waals surface area contributed by atoms with Gasteiger partial charge in [-0.2, -0.15) is 5.10 Å². The predicted molar refractivity (Wildman–Crippen MR) is 55.7 cm³/mol. The van der Waals surface area contributed by atoms with Crippen molar-refractivity contribution in [2.24, 2.45) is 5.92 Å². The quantitative estimate of drug-likeness (QED) is 0.771. The number of nitrogens with one attached hydrogen (secondary N) is 1. The van der Waals surface area contributed by atoms with Crippen LogP contribution in [0.4, 0.5) is 0 Å². The maximum Gasteiger partial charge on any atom is 0.344 e. The monoisotopic (exact) mass is 209 g/mol. The average Bonchev–Trinajstić information content (AvgIpc) is 2.24. The molecule has 0 saturated heterocycles. The van der Waals surface area contributed by atoms with Crippen molar-refractivity contribution in [3.8, 4) is 0 Å². The smallest absolute Gasteiger partial charge is 0.271 e. The SMILES string of the molecule is O=c1cnn(CC2CCCCC2)c(=O)[nH]1. The van der Waals surface area contributed by atoms with Crippen molar-refractivity contribution in [3.63, 3.8) is 0 Å². The van der Waals surface area contributed by atoms with Gasteiger partial charge in [0.1, 0.15) is 6.20 Å². The molecule has 0 spiro atoms. The summed E-state index contributed by atoms with van der Waals surface area (Å²) in [5.74, 6) is 0.537. The number of hydrogen-bond acceptors (Lipinski definition) is 3. The maximum absolute atomic E-state index is 11.4. The fraction of sp³-hybridized carbons (Fsp3) is 0.700. The molecule has 1 fully saturated rings. The Hall–Kier alpha value is -1.39. The number of aromatic nitrogens is 3. The van der Waals surface area contributed by atoms with Crippen LogP contribution in [0.2, 0.25) is 0 Å². The normalized spacial score (nSPS) is 17.9. The van der Waals surface area contributed by atoms with Crippen molar-refractivity contribution in [1.29, 1.82) is 0 Å². The van der Waals surface area contributed by atoms with E-state index in [4.69, 9.17) is 0 Å². The van der Waals surface area contributed by atoms with Crippen LogP contribution in [0.3, 0.4) is 0 Å². The van der Waals surface area contributed by atoms with Gasteiger partial charge in [0, 0.05) is 6.54 Å². The lowest BCUT2D eigenvalue weighted by Crippen LogP contribution is -2.33. The highest BCUT2D eigenvalue weighted by molar-refractivity contribution is 4.72. The third kappa shape index (κ3) is 2.55. The van der Waals surface area contributed by atoms with Gasteiger partial charge in [0.25, 0.3) is 5.56 Å². The van der Waals surface area contributed by atoms with Gasteiger partial charge in [-0.3, -0.25) is 9.78 Å². The zero-order valence-corrected chi connectivity index (χ0v) is 8.61. The Kier molecular flexibility index (Phi) is 2.99. The van der Waals surface area contributed by atoms with Crippen LogP contribution in [-0.4, -0.2) is 14.8 Å². The summed E-state index contributed by atoms with van der Waals surface area (Å²) in [7, 11) is 0. The van der Waals surface area contributed by atoms with E-state index in [1.54, 1.807) is 0 Å². The van der Waals surface area contributed by atoms with Gasteiger partial charge in [-0.05, 0) is 18.8 Å². The summed E-state index contributed by atoms with van der Waals surface area (Å²) in [6, 6.07) is 0. The Morgan fingerprint density at radius 2 is 2.07 bits per heavy atom. The molecule has 0 unspecified atom stereocenters. The third-order valence-corrected chi connectivity index (χ3v) is 2.93. The van der Waals surface area contributed by atoms with Crippen molar-refractivity contribution in [2.45, 2.75) is 38.6 Å². The van der Waals surface area contributed by atoms with Crippen molar-refractivity contribution >= 4 is 0 Å². The van der Waals surface area contributed by atoms with Gasteiger partial charge < -0.3 is 0 Å². The lowest BCUT2D eigenvalue weighted by Gasteiger charge is -2.21. The van der Waals surface area contributed by atoms with Gasteiger partial charge in [0.05, 0.1) is 0 Å². The van der Waals surface area contributed by atoms with Gasteiger partial charge >= 0.3 is 5.69 Å². The summed E-state index contributed by atoms with van der Waals surface area (Å²) in [6.07, 6.45) is 7.25. The molecule has 0 radical (unpaired) electrons. The average molecular weight is 209 g/mol. The van der Waals surface area contributed by atoms with Crippen LogP contribution >= 0.6 is 0 Å². The molecule has 0 amide bonds. The van der Waals surface area contributed by atoms with Crippen LogP contribution in [0.15, 0.2) is 15.8 Å². The van der Waals surface area contributed by atoms with E-state index in [9.17, 15) is 9.59 Å². The van der Waals surface area contributed by atoms with E-state index >= 15 is 0 Å². The Balaban J connectivity index is 2.09. The van der Waals surface area contributed by atoms with E-state index in [1.807, 2.05) is 0 Å². The van der Waals surface area contributed by atoms with Crippen LogP contribution in [0.25, 0.3) is 0 Å². The number of aromatic amines is 1. The highest BCUT2D eigenvalue weighted by atomic mass is 16.2. The first kappa shape index (κ1) is 10.1. The molecule has 82 valence electrons. The molecule has 0 aromatic carbocycles. The number of hydrogen-bond donors (Lipinski definition) is 1. The first-order valence-electron chi connectivity index (χ1n) is 5.42. The molecule has 1 aromatic heterocycles. The maximum atomic E-state index is 11.4. The zero-order chi connectivity index (χ0) is 10.7. The first-order chi connectivity index (χ1) is 7.25. The molecule has 1 saturated carbocycles. The number of rotatable bonds is 2. The molecule has 1 heterocycles. The minimum absolute atomic E-state index is 0.395. The second-order valence-electron chi connectivity index (χ2n) is 4.13. The molecule has 0 aliphatic heterocycles. The minimum atomic E-state index is -0.431. The third-order valence-electron chi connectivity index (χ3n) is 2.93. The standard InChI is InChI=1S/C10H15N3O2/c14-9-6-11-13(10(15)12-9)7-8-4-2-1-3-5-8/h6,8H,1-5,7H2,(H,12,14,15). The second-order valence-corrected chi connectivity index (χ2v) is 4.13. The van der Waals surface area contributed by atoms with Gasteiger partial charge in [-0.1, -0.05) is 19.3 Å². The zero-order valence-electron chi connectivity index (χ0n) is 8.61. The van der Waals surface area contributed by atoms with E-state index in [-0.39, 0.29) is 0 Å². The van der Waals surface area contributed by atoms with Crippen LogP contribution in [0.5, 0.6) is 0 Å². The predicted octanol–water partition coefficient (Wildman–Crippen LogP) is 0.512. The van der Waals surface area contributed by atoms with Crippen LogP contribution < -0.4 is 11.2 Å². The van der Waals surface area contributed by atoms with Gasteiger partial charge in [0.2, 0.25) is 0 Å². The highest BCUT2D eigenvalue weighted by Crippen LogP contribution is 2.24. The highest BCUT2D eigenvalue weighted by Gasteiger charge is 2.14. The molecular weight excluding hydrogens is 194 g/mol. The number of H-pyrrole nitrogens is 1. The van der Waals surface area contributed by atoms with Gasteiger partial charge in [-0.15, -0.1) is 0 Å². The molecule has 1 aromatic rings. The Morgan fingerprint density at radius 1 is 1.33 bits per heavy atom. The van der Waals surface area contributed by atoms with E-state index in [1.165, 1.54) is 23.9 Å². The van der Waals surface area contributed by atoms with Crippen LogP contribution in [-0.2, 0) is 6.54 Å². The van der Waals surface area contributed by atoms with Crippen molar-refractivity contribution in [3.05, 3.63) is 27.0 Å². The van der Waals surface area contributed by atoms with Crippen LogP contribution in [0, 0.1) is 5.92 Å². The molecule has 0 atom stereocenters. The molecule has 2 rings (SSSR count). The lowest BCUT2D eigenvalue weighted by molar-refractivity contribution is 0.300. The van der Waals surface area contributed by atoms with Crippen molar-refractivity contribution in [2.75, 3.05) is 0 Å². The van der Waals surface area contributed by atoms with Crippen molar-refractivity contribution in [1.82, 2.24) is 14.8 Å². The summed E-state index contributed by atoms with van der Waals surface area (Å²) in [5, 5.41) is 3.83. The Morgan fingerprint density at radius 3 is 2.73 bits per heavy atom. The summed E-state index contributed by atoms with van der Waals surface area (Å²) in [5.41, 5.74) is -0.826. The molecular formula is C10H15N3O2. The van der Waals surface area contributed by atoms with E-state index in [2.05, 4.69) is 10.1 Å². The fourth-order valence-corrected chi connectivity index (χ4v) is 2.12. The Labute approximate surface area is 87.1 Å². The molecule has 1 aliphatic carbocycles.